The van der Waals surface area contributed by atoms with E-state index in [0.29, 0.717) is 0 Å². The molecule has 6 N–H and O–H groups in total. The molecule has 1 rings (SSSR count). The van der Waals surface area contributed by atoms with Crippen molar-refractivity contribution in [2.24, 2.45) is 28.8 Å². The van der Waals surface area contributed by atoms with Crippen LogP contribution >= 0.6 is 0 Å². The number of nitrogens with zero attached hydrogens (tertiary/aromatic N) is 1. The van der Waals surface area contributed by atoms with Gasteiger partial charge < -0.3 is 35.5 Å². The maximum absolute atomic E-state index is 12.6. The number of ether oxygens (including phenoxy) is 1. The summed E-state index contributed by atoms with van der Waals surface area (Å²) in [5.41, 5.74) is -3.43. The quantitative estimate of drug-likeness (QED) is 0.200. The highest BCUT2D eigenvalue weighted by atomic mass is 16.6. The average molecular weight is 434 g/mol. The number of carbonyl (C=O) groups excluding carboxylic acids is 1. The first-order valence-corrected chi connectivity index (χ1v) is 10.5. The van der Waals surface area contributed by atoms with Crippen molar-refractivity contribution in [1.82, 2.24) is 0 Å². The van der Waals surface area contributed by atoms with Crippen LogP contribution in [0, 0.1) is 23.7 Å². The molecule has 10 atom stereocenters. The van der Waals surface area contributed by atoms with Gasteiger partial charge in [0.05, 0.1) is 35.5 Å². The summed E-state index contributed by atoms with van der Waals surface area (Å²) >= 11 is 0. The van der Waals surface area contributed by atoms with Crippen LogP contribution < -0.4 is 0 Å². The molecule has 0 spiro atoms. The standard InChI is InChI=1S/C21H39NO8/c1-8-15-21(7,28)18(25)11(3)16(22-29)13(5)20(6,27)9-14(23)10(2)17(24)12(4)19(26)30-15/h10-15,17-18,23-25,27-29H,8-9H2,1-7H3/b22-16+. The third kappa shape index (κ3) is 5.31. The lowest BCUT2D eigenvalue weighted by atomic mass is 9.72. The molecule has 176 valence electrons. The second-order valence-corrected chi connectivity index (χ2v) is 9.31. The van der Waals surface area contributed by atoms with E-state index >= 15 is 0 Å². The minimum absolute atomic E-state index is 0.0276. The van der Waals surface area contributed by atoms with Crippen LogP contribution in [-0.2, 0) is 9.53 Å². The Bertz CT molecular complexity index is 620. The monoisotopic (exact) mass is 433 g/mol. The lowest BCUT2D eigenvalue weighted by Gasteiger charge is -2.42. The molecule has 1 saturated heterocycles. The zero-order chi connectivity index (χ0) is 23.6. The molecule has 1 aliphatic heterocycles. The van der Waals surface area contributed by atoms with Crippen molar-refractivity contribution < 1.29 is 40.3 Å². The third-order valence-corrected chi connectivity index (χ3v) is 6.96. The number of aliphatic hydroxyl groups is 5. The number of aliphatic hydroxyl groups excluding tert-OH is 3. The first-order valence-electron chi connectivity index (χ1n) is 10.5. The molecule has 0 aromatic heterocycles. The van der Waals surface area contributed by atoms with Crippen LogP contribution in [0.3, 0.4) is 0 Å². The van der Waals surface area contributed by atoms with Crippen LogP contribution in [-0.4, -0.2) is 78.0 Å². The van der Waals surface area contributed by atoms with Gasteiger partial charge in [-0.3, -0.25) is 4.79 Å². The van der Waals surface area contributed by atoms with Crippen LogP contribution in [0.25, 0.3) is 0 Å². The second kappa shape index (κ2) is 9.91. The first-order chi connectivity index (χ1) is 13.6. The molecule has 0 bridgehead atoms. The van der Waals surface area contributed by atoms with E-state index in [2.05, 4.69) is 5.16 Å². The summed E-state index contributed by atoms with van der Waals surface area (Å²) in [5.74, 6) is -4.26. The number of esters is 1. The summed E-state index contributed by atoms with van der Waals surface area (Å²) in [7, 11) is 0. The molecule has 0 saturated carbocycles. The molecule has 1 heterocycles. The Hall–Kier alpha value is -1.26. The molecule has 1 aliphatic rings. The summed E-state index contributed by atoms with van der Waals surface area (Å²) in [6, 6.07) is 0. The Balaban J connectivity index is 3.52. The highest BCUT2D eigenvalue weighted by Gasteiger charge is 2.48. The van der Waals surface area contributed by atoms with Gasteiger partial charge in [0.25, 0.3) is 0 Å². The van der Waals surface area contributed by atoms with Gasteiger partial charge in [-0.2, -0.15) is 0 Å². The minimum atomic E-state index is -1.90. The molecular formula is C21H39NO8. The summed E-state index contributed by atoms with van der Waals surface area (Å²) in [5, 5.41) is 67.0. The van der Waals surface area contributed by atoms with Gasteiger partial charge in [0, 0.05) is 24.2 Å². The van der Waals surface area contributed by atoms with E-state index in [9.17, 15) is 35.5 Å². The third-order valence-electron chi connectivity index (χ3n) is 6.96. The molecule has 0 aromatic carbocycles. The number of hydrogen-bond acceptors (Lipinski definition) is 9. The molecule has 10 unspecified atom stereocenters. The average Bonchev–Trinajstić information content (AvgIpc) is 2.68. The van der Waals surface area contributed by atoms with Gasteiger partial charge in [0.15, 0.2) is 0 Å². The Morgan fingerprint density at radius 3 is 2.07 bits per heavy atom. The molecule has 0 radical (unpaired) electrons. The van der Waals surface area contributed by atoms with Gasteiger partial charge in [-0.1, -0.05) is 32.9 Å². The van der Waals surface area contributed by atoms with Crippen molar-refractivity contribution in [1.29, 1.82) is 0 Å². The first kappa shape index (κ1) is 26.8. The van der Waals surface area contributed by atoms with Gasteiger partial charge in [0.1, 0.15) is 11.7 Å². The van der Waals surface area contributed by atoms with Crippen molar-refractivity contribution in [3.63, 3.8) is 0 Å². The summed E-state index contributed by atoms with van der Waals surface area (Å²) < 4.78 is 5.44. The van der Waals surface area contributed by atoms with Crippen LogP contribution in [0.5, 0.6) is 0 Å². The van der Waals surface area contributed by atoms with E-state index in [0.717, 1.165) is 0 Å². The Kier molecular flexibility index (Phi) is 8.84. The highest BCUT2D eigenvalue weighted by molar-refractivity contribution is 5.89. The molecule has 1 fully saturated rings. The molecule has 0 aromatic rings. The van der Waals surface area contributed by atoms with Crippen LogP contribution in [0.1, 0.15) is 61.3 Å². The van der Waals surface area contributed by atoms with E-state index in [1.54, 1.807) is 20.8 Å². The summed E-state index contributed by atoms with van der Waals surface area (Å²) in [6.45, 7) is 10.6. The molecule has 0 aliphatic carbocycles. The van der Waals surface area contributed by atoms with Crippen molar-refractivity contribution in [2.75, 3.05) is 0 Å². The van der Waals surface area contributed by atoms with E-state index in [-0.39, 0.29) is 18.6 Å². The van der Waals surface area contributed by atoms with Crippen molar-refractivity contribution in [2.45, 2.75) is 96.9 Å². The minimum Gasteiger partial charge on any atom is -0.459 e. The van der Waals surface area contributed by atoms with Crippen molar-refractivity contribution in [3.05, 3.63) is 0 Å². The Labute approximate surface area is 178 Å². The van der Waals surface area contributed by atoms with Crippen molar-refractivity contribution in [3.8, 4) is 0 Å². The molecule has 0 amide bonds. The van der Waals surface area contributed by atoms with Crippen LogP contribution in [0.2, 0.25) is 0 Å². The second-order valence-electron chi connectivity index (χ2n) is 9.31. The summed E-state index contributed by atoms with van der Waals surface area (Å²) in [4.78, 5) is 12.6. The molecule has 9 heteroatoms. The predicted octanol–water partition coefficient (Wildman–Crippen LogP) is 0.671. The Morgan fingerprint density at radius 2 is 1.60 bits per heavy atom. The normalized spacial score (nSPS) is 48.8. The van der Waals surface area contributed by atoms with E-state index in [4.69, 9.17) is 4.74 Å². The smallest absolute Gasteiger partial charge is 0.311 e. The van der Waals surface area contributed by atoms with E-state index in [1.807, 2.05) is 0 Å². The number of hydrogen-bond donors (Lipinski definition) is 6. The van der Waals surface area contributed by atoms with E-state index < -0.39 is 65.3 Å². The van der Waals surface area contributed by atoms with Gasteiger partial charge in [-0.25, -0.2) is 0 Å². The van der Waals surface area contributed by atoms with Gasteiger partial charge in [-0.05, 0) is 27.2 Å². The zero-order valence-corrected chi connectivity index (χ0v) is 19.0. The number of oxime groups is 1. The predicted molar refractivity (Wildman–Crippen MR) is 110 cm³/mol. The van der Waals surface area contributed by atoms with E-state index in [1.165, 1.54) is 27.7 Å². The van der Waals surface area contributed by atoms with Crippen LogP contribution in [0.15, 0.2) is 5.16 Å². The zero-order valence-electron chi connectivity index (χ0n) is 19.0. The van der Waals surface area contributed by atoms with Gasteiger partial charge in [0.2, 0.25) is 0 Å². The maximum Gasteiger partial charge on any atom is 0.311 e. The fraction of sp³-hybridized carbons (Fsp3) is 0.905. The number of carbonyl (C=O) groups is 1. The fourth-order valence-corrected chi connectivity index (χ4v) is 4.22. The largest absolute Gasteiger partial charge is 0.459 e. The fourth-order valence-electron chi connectivity index (χ4n) is 4.22. The van der Waals surface area contributed by atoms with Crippen LogP contribution in [0.4, 0.5) is 0 Å². The van der Waals surface area contributed by atoms with Gasteiger partial charge in [-0.15, -0.1) is 0 Å². The lowest BCUT2D eigenvalue weighted by Crippen LogP contribution is -2.57. The molecular weight excluding hydrogens is 394 g/mol. The molecule has 30 heavy (non-hydrogen) atoms. The number of rotatable bonds is 1. The SMILES string of the molecule is CCC1OC(=O)C(C)C(O)C(C)C(O)CC(C)(O)C(C)/C(=N/O)C(C)C(O)C1(C)O. The summed E-state index contributed by atoms with van der Waals surface area (Å²) in [6.07, 6.45) is -5.02. The lowest BCUT2D eigenvalue weighted by molar-refractivity contribution is -0.190. The van der Waals surface area contributed by atoms with Crippen molar-refractivity contribution >= 4 is 11.7 Å². The Morgan fingerprint density at radius 1 is 1.07 bits per heavy atom. The molecule has 9 nitrogen and oxygen atoms in total. The maximum atomic E-state index is 12.6. The van der Waals surface area contributed by atoms with Gasteiger partial charge >= 0.3 is 5.97 Å². The topological polar surface area (TPSA) is 160 Å². The number of cyclic esters (lactones) is 1. The highest BCUT2D eigenvalue weighted by Crippen LogP contribution is 2.35.